The third-order valence-corrected chi connectivity index (χ3v) is 4.90. The number of aryl methyl sites for hydroxylation is 1. The third kappa shape index (κ3) is 4.36. The molecule has 3 rings (SSSR count). The Kier molecular flexibility index (Phi) is 6.03. The van der Waals surface area contributed by atoms with Crippen molar-refractivity contribution in [3.05, 3.63) is 59.4 Å². The molecule has 0 spiro atoms. The van der Waals surface area contributed by atoms with Gasteiger partial charge in [0.05, 0.1) is 0 Å². The number of benzene rings is 1. The summed E-state index contributed by atoms with van der Waals surface area (Å²) in [5, 5.41) is 2.91. The van der Waals surface area contributed by atoms with Crippen molar-refractivity contribution >= 4 is 23.4 Å². The van der Waals surface area contributed by atoms with Gasteiger partial charge in [-0.1, -0.05) is 25.1 Å². The lowest BCUT2D eigenvalue weighted by molar-refractivity contribution is -0.130. The molecule has 7 nitrogen and oxygen atoms in total. The molecular weight excluding hydrogens is 356 g/mol. The summed E-state index contributed by atoms with van der Waals surface area (Å²) in [7, 11) is 0. The van der Waals surface area contributed by atoms with E-state index in [1.807, 2.05) is 31.2 Å². The van der Waals surface area contributed by atoms with Crippen molar-refractivity contribution in [1.82, 2.24) is 14.8 Å². The number of nitrogens with one attached hydrogen (secondary N) is 1. The molecule has 2 heterocycles. The van der Waals surface area contributed by atoms with Crippen LogP contribution in [0, 0.1) is 0 Å². The lowest BCUT2D eigenvalue weighted by atomic mass is 10.1. The van der Waals surface area contributed by atoms with Gasteiger partial charge >= 0.3 is 0 Å². The quantitative estimate of drug-likeness (QED) is 0.882. The second-order valence-corrected chi connectivity index (χ2v) is 6.69. The van der Waals surface area contributed by atoms with Crippen LogP contribution in [0.3, 0.4) is 0 Å². The zero-order valence-corrected chi connectivity index (χ0v) is 16.1. The highest BCUT2D eigenvalue weighted by Gasteiger charge is 2.24. The number of hydrogen-bond donors (Lipinski definition) is 1. The molecule has 2 aromatic rings. The SMILES string of the molecule is CCc1ccccc1NC(=O)c1ccnc(C(=O)N2CCN(C(C)=O)CC2)c1. The summed E-state index contributed by atoms with van der Waals surface area (Å²) >= 11 is 0. The van der Waals surface area contributed by atoms with Crippen molar-refractivity contribution in [3.8, 4) is 0 Å². The number of hydrogen-bond acceptors (Lipinski definition) is 4. The lowest BCUT2D eigenvalue weighted by Crippen LogP contribution is -2.50. The van der Waals surface area contributed by atoms with E-state index in [1.165, 1.54) is 19.2 Å². The normalized spacial score (nSPS) is 13.9. The fourth-order valence-corrected chi connectivity index (χ4v) is 3.22. The number of nitrogens with zero attached hydrogens (tertiary/aromatic N) is 3. The van der Waals surface area contributed by atoms with Crippen LogP contribution in [0.4, 0.5) is 5.69 Å². The summed E-state index contributed by atoms with van der Waals surface area (Å²) in [5.41, 5.74) is 2.42. The average Bonchev–Trinajstić information content (AvgIpc) is 2.73. The van der Waals surface area contributed by atoms with Crippen LogP contribution >= 0.6 is 0 Å². The van der Waals surface area contributed by atoms with Crippen molar-refractivity contribution in [2.24, 2.45) is 0 Å². The predicted molar refractivity (Wildman–Crippen MR) is 106 cm³/mol. The molecule has 3 amide bonds. The molecule has 1 aliphatic heterocycles. The first-order valence-corrected chi connectivity index (χ1v) is 9.39. The topological polar surface area (TPSA) is 82.6 Å². The van der Waals surface area contributed by atoms with Gasteiger partial charge in [-0.2, -0.15) is 0 Å². The summed E-state index contributed by atoms with van der Waals surface area (Å²) in [6, 6.07) is 10.7. The van der Waals surface area contributed by atoms with E-state index in [0.29, 0.717) is 31.7 Å². The van der Waals surface area contributed by atoms with E-state index in [0.717, 1.165) is 17.7 Å². The van der Waals surface area contributed by atoms with E-state index in [1.54, 1.807) is 15.9 Å². The summed E-state index contributed by atoms with van der Waals surface area (Å²) in [6.45, 7) is 5.49. The highest BCUT2D eigenvalue weighted by molar-refractivity contribution is 6.06. The molecule has 0 unspecified atom stereocenters. The van der Waals surface area contributed by atoms with Crippen molar-refractivity contribution in [1.29, 1.82) is 0 Å². The van der Waals surface area contributed by atoms with E-state index in [4.69, 9.17) is 0 Å². The van der Waals surface area contributed by atoms with Gasteiger partial charge in [-0.15, -0.1) is 0 Å². The molecule has 1 aromatic heterocycles. The minimum absolute atomic E-state index is 0.0104. The van der Waals surface area contributed by atoms with E-state index in [9.17, 15) is 14.4 Å². The summed E-state index contributed by atoms with van der Waals surface area (Å²) in [6.07, 6.45) is 2.28. The predicted octanol–water partition coefficient (Wildman–Crippen LogP) is 2.20. The standard InChI is InChI=1S/C21H24N4O3/c1-3-16-6-4-5-7-18(16)23-20(27)17-8-9-22-19(14-17)21(28)25-12-10-24(11-13-25)15(2)26/h4-9,14H,3,10-13H2,1-2H3,(H,23,27). The van der Waals surface area contributed by atoms with Crippen molar-refractivity contribution in [2.75, 3.05) is 31.5 Å². The Morgan fingerprint density at radius 3 is 2.39 bits per heavy atom. The van der Waals surface area contributed by atoms with E-state index in [2.05, 4.69) is 10.3 Å². The molecule has 1 aliphatic rings. The Bertz CT molecular complexity index is 889. The fraction of sp³-hybridized carbons (Fsp3) is 0.333. The maximum absolute atomic E-state index is 12.7. The van der Waals surface area contributed by atoms with Gasteiger partial charge in [0, 0.05) is 50.6 Å². The Balaban J connectivity index is 1.70. The van der Waals surface area contributed by atoms with E-state index in [-0.39, 0.29) is 23.4 Å². The van der Waals surface area contributed by atoms with Crippen molar-refractivity contribution in [3.63, 3.8) is 0 Å². The van der Waals surface area contributed by atoms with Crippen LogP contribution in [-0.2, 0) is 11.2 Å². The Morgan fingerprint density at radius 1 is 1.04 bits per heavy atom. The molecule has 1 fully saturated rings. The molecule has 0 aliphatic carbocycles. The number of rotatable bonds is 4. The number of para-hydroxylation sites is 1. The number of piperazine rings is 1. The van der Waals surface area contributed by atoms with Gasteiger partial charge in [0.2, 0.25) is 5.91 Å². The second kappa shape index (κ2) is 8.65. The fourth-order valence-electron chi connectivity index (χ4n) is 3.22. The first-order valence-electron chi connectivity index (χ1n) is 9.39. The molecule has 1 aromatic carbocycles. The molecule has 146 valence electrons. The zero-order chi connectivity index (χ0) is 20.1. The number of amides is 3. The molecule has 7 heteroatoms. The van der Waals surface area contributed by atoms with Crippen LogP contribution in [0.5, 0.6) is 0 Å². The number of carbonyl (C=O) groups is 3. The van der Waals surface area contributed by atoms with Gasteiger partial charge in [0.1, 0.15) is 5.69 Å². The van der Waals surface area contributed by atoms with Gasteiger partial charge in [-0.25, -0.2) is 0 Å². The molecule has 0 saturated carbocycles. The largest absolute Gasteiger partial charge is 0.339 e. The number of carbonyl (C=O) groups excluding carboxylic acids is 3. The van der Waals surface area contributed by atoms with Crippen LogP contribution < -0.4 is 5.32 Å². The minimum atomic E-state index is -0.279. The molecule has 28 heavy (non-hydrogen) atoms. The molecule has 1 saturated heterocycles. The number of pyridine rings is 1. The van der Waals surface area contributed by atoms with Crippen LogP contribution in [0.25, 0.3) is 0 Å². The maximum atomic E-state index is 12.7. The zero-order valence-electron chi connectivity index (χ0n) is 16.1. The van der Waals surface area contributed by atoms with Gasteiger partial charge < -0.3 is 15.1 Å². The van der Waals surface area contributed by atoms with E-state index >= 15 is 0 Å². The highest BCUT2D eigenvalue weighted by atomic mass is 16.2. The Hall–Kier alpha value is -3.22. The van der Waals surface area contributed by atoms with Crippen LogP contribution in [-0.4, -0.2) is 58.7 Å². The van der Waals surface area contributed by atoms with E-state index < -0.39 is 0 Å². The molecule has 0 bridgehead atoms. The summed E-state index contributed by atoms with van der Waals surface area (Å²) in [4.78, 5) is 44.3. The van der Waals surface area contributed by atoms with Gasteiger partial charge in [-0.3, -0.25) is 19.4 Å². The minimum Gasteiger partial charge on any atom is -0.339 e. The number of aromatic nitrogens is 1. The Labute approximate surface area is 164 Å². The molecular formula is C21H24N4O3. The molecule has 1 N–H and O–H groups in total. The van der Waals surface area contributed by atoms with Gasteiger partial charge in [-0.05, 0) is 30.2 Å². The molecule has 0 atom stereocenters. The first kappa shape index (κ1) is 19.5. The Morgan fingerprint density at radius 2 is 1.71 bits per heavy atom. The summed E-state index contributed by atoms with van der Waals surface area (Å²) < 4.78 is 0. The van der Waals surface area contributed by atoms with Crippen molar-refractivity contribution < 1.29 is 14.4 Å². The average molecular weight is 380 g/mol. The van der Waals surface area contributed by atoms with Crippen LogP contribution in [0.15, 0.2) is 42.6 Å². The molecule has 0 radical (unpaired) electrons. The lowest BCUT2D eigenvalue weighted by Gasteiger charge is -2.34. The smallest absolute Gasteiger partial charge is 0.272 e. The second-order valence-electron chi connectivity index (χ2n) is 6.69. The van der Waals surface area contributed by atoms with Gasteiger partial charge in [0.15, 0.2) is 0 Å². The maximum Gasteiger partial charge on any atom is 0.272 e. The summed E-state index contributed by atoms with van der Waals surface area (Å²) in [5.74, 6) is -0.498. The highest BCUT2D eigenvalue weighted by Crippen LogP contribution is 2.17. The van der Waals surface area contributed by atoms with Gasteiger partial charge in [0.25, 0.3) is 11.8 Å². The first-order chi connectivity index (χ1) is 13.5. The van der Waals surface area contributed by atoms with Crippen LogP contribution in [0.2, 0.25) is 0 Å². The number of anilines is 1. The van der Waals surface area contributed by atoms with Crippen molar-refractivity contribution in [2.45, 2.75) is 20.3 Å². The third-order valence-electron chi connectivity index (χ3n) is 4.90. The monoisotopic (exact) mass is 380 g/mol. The van der Waals surface area contributed by atoms with Crippen LogP contribution in [0.1, 0.15) is 40.3 Å².